The quantitative estimate of drug-likeness (QED) is 0.263. The highest BCUT2D eigenvalue weighted by Crippen LogP contribution is 2.46. The molecule has 0 spiro atoms. The molecule has 2 aromatic heterocycles. The van der Waals surface area contributed by atoms with Crippen LogP contribution in [-0.2, 0) is 20.1 Å². The number of aliphatic hydroxyl groups excluding tert-OH is 2. The Morgan fingerprint density at radius 3 is 2.62 bits per heavy atom. The molecule has 0 aromatic carbocycles. The highest BCUT2D eigenvalue weighted by Gasteiger charge is 2.44. The number of nitrogens with zero attached hydrogens (tertiary/aromatic N) is 3. The molecule has 5 unspecified atom stereocenters. The monoisotopic (exact) mass is 605 g/mol. The molecule has 0 bridgehead atoms. The number of aromatic nitrogens is 3. The van der Waals surface area contributed by atoms with E-state index in [4.69, 9.17) is 30.6 Å². The van der Waals surface area contributed by atoms with Crippen molar-refractivity contribution in [3.05, 3.63) is 79.9 Å². The molecule has 214 valence electrons. The van der Waals surface area contributed by atoms with Gasteiger partial charge in [-0.05, 0) is 42.2 Å². The first-order valence-electron chi connectivity index (χ1n) is 12.0. The van der Waals surface area contributed by atoms with Crippen molar-refractivity contribution in [3.63, 3.8) is 0 Å². The first kappa shape index (κ1) is 31.7. The molecule has 4 rings (SSSR count). The lowest BCUT2D eigenvalue weighted by Crippen LogP contribution is -2.43. The van der Waals surface area contributed by atoms with Crippen LogP contribution in [0.15, 0.2) is 57.4 Å². The summed E-state index contributed by atoms with van der Waals surface area (Å²) >= 11 is 6.16. The molecule has 1 aliphatic carbocycles. The van der Waals surface area contributed by atoms with Gasteiger partial charge >= 0.3 is 22.9 Å². The average Bonchev–Trinajstić information content (AvgIpc) is 3.19. The lowest BCUT2D eigenvalue weighted by atomic mass is 10.00. The Morgan fingerprint density at radius 1 is 1.18 bits per heavy atom. The van der Waals surface area contributed by atoms with E-state index in [1.165, 1.54) is 0 Å². The SMILES string of the molecule is CC.O=c1ccn(C2OC(COP(O)OP(O)O)C(O)C2O)c(=O)n1Cc1cc(C2=CCCC(Cl)=C2)ccn1. The minimum absolute atomic E-state index is 0.160. The molecular formula is C23H30ClN3O10P2. The maximum atomic E-state index is 13.2. The Bertz CT molecular complexity index is 1300. The van der Waals surface area contributed by atoms with Crippen LogP contribution in [0.4, 0.5) is 0 Å². The molecular weight excluding hydrogens is 576 g/mol. The van der Waals surface area contributed by atoms with Crippen LogP contribution in [0.1, 0.15) is 44.2 Å². The first-order chi connectivity index (χ1) is 18.6. The molecule has 0 radical (unpaired) electrons. The molecule has 2 aliphatic rings. The molecule has 3 heterocycles. The van der Waals surface area contributed by atoms with Gasteiger partial charge in [0, 0.05) is 23.5 Å². The fraction of sp³-hybridized carbons (Fsp3) is 0.435. The fourth-order valence-corrected chi connectivity index (χ4v) is 5.15. The van der Waals surface area contributed by atoms with Crippen LogP contribution in [0, 0.1) is 0 Å². The summed E-state index contributed by atoms with van der Waals surface area (Å²) in [6, 6.07) is 4.67. The van der Waals surface area contributed by atoms with Crippen molar-refractivity contribution in [2.24, 2.45) is 0 Å². The average molecular weight is 606 g/mol. The van der Waals surface area contributed by atoms with Crippen molar-refractivity contribution >= 4 is 34.4 Å². The van der Waals surface area contributed by atoms with Crippen molar-refractivity contribution in [2.45, 2.75) is 57.8 Å². The number of rotatable bonds is 9. The molecule has 39 heavy (non-hydrogen) atoms. The highest BCUT2D eigenvalue weighted by atomic mass is 35.5. The van der Waals surface area contributed by atoms with Crippen molar-refractivity contribution in [2.75, 3.05) is 6.61 Å². The van der Waals surface area contributed by atoms with Crippen LogP contribution >= 0.6 is 28.8 Å². The summed E-state index contributed by atoms with van der Waals surface area (Å²) in [6.07, 6.45) is 2.49. The third-order valence-corrected chi connectivity index (χ3v) is 7.54. The van der Waals surface area contributed by atoms with Gasteiger partial charge in [0.15, 0.2) is 6.23 Å². The summed E-state index contributed by atoms with van der Waals surface area (Å²) in [6.45, 7) is 3.35. The van der Waals surface area contributed by atoms with Crippen molar-refractivity contribution in [1.82, 2.24) is 14.1 Å². The van der Waals surface area contributed by atoms with E-state index in [1.807, 2.05) is 26.0 Å². The lowest BCUT2D eigenvalue weighted by molar-refractivity contribution is -0.0530. The number of halogens is 1. The van der Waals surface area contributed by atoms with Crippen molar-refractivity contribution in [3.8, 4) is 0 Å². The van der Waals surface area contributed by atoms with E-state index in [-0.39, 0.29) is 6.54 Å². The van der Waals surface area contributed by atoms with Crippen LogP contribution in [0.2, 0.25) is 0 Å². The second kappa shape index (κ2) is 14.7. The van der Waals surface area contributed by atoms with E-state index in [9.17, 15) is 24.7 Å². The van der Waals surface area contributed by atoms with E-state index in [0.717, 1.165) is 50.4 Å². The van der Waals surface area contributed by atoms with Gasteiger partial charge < -0.3 is 34.2 Å². The number of pyridine rings is 1. The Kier molecular flexibility index (Phi) is 11.9. The zero-order chi connectivity index (χ0) is 28.7. The van der Waals surface area contributed by atoms with E-state index in [2.05, 4.69) is 9.29 Å². The van der Waals surface area contributed by atoms with Crippen LogP contribution in [0.25, 0.3) is 5.57 Å². The molecule has 5 atom stereocenters. The summed E-state index contributed by atoms with van der Waals surface area (Å²) < 4.78 is 16.6. The van der Waals surface area contributed by atoms with Gasteiger partial charge in [-0.2, -0.15) is 0 Å². The topological polar surface area (TPSA) is 186 Å². The van der Waals surface area contributed by atoms with Gasteiger partial charge in [0.1, 0.15) is 18.3 Å². The summed E-state index contributed by atoms with van der Waals surface area (Å²) in [5, 5.41) is 21.5. The van der Waals surface area contributed by atoms with E-state index >= 15 is 0 Å². The number of aliphatic hydroxyl groups is 2. The van der Waals surface area contributed by atoms with Crippen molar-refractivity contribution in [1.29, 1.82) is 0 Å². The molecule has 13 nitrogen and oxygen atoms in total. The zero-order valence-electron chi connectivity index (χ0n) is 21.1. The van der Waals surface area contributed by atoms with Crippen LogP contribution in [0.3, 0.4) is 0 Å². The predicted molar refractivity (Wildman–Crippen MR) is 144 cm³/mol. The summed E-state index contributed by atoms with van der Waals surface area (Å²) in [5.41, 5.74) is 0.767. The minimum atomic E-state index is -2.86. The van der Waals surface area contributed by atoms with Crippen LogP contribution < -0.4 is 11.2 Å². The molecule has 2 aromatic rings. The normalized spacial score (nSPS) is 23.6. The van der Waals surface area contributed by atoms with E-state index < -0.39 is 59.6 Å². The largest absolute Gasteiger partial charge is 0.387 e. The Morgan fingerprint density at radius 2 is 1.92 bits per heavy atom. The van der Waals surface area contributed by atoms with Crippen LogP contribution in [0.5, 0.6) is 0 Å². The lowest BCUT2D eigenvalue weighted by Gasteiger charge is -2.19. The Hall–Kier alpha value is -1.86. The summed E-state index contributed by atoms with van der Waals surface area (Å²) in [4.78, 5) is 57.0. The third-order valence-electron chi connectivity index (χ3n) is 5.73. The number of hydrogen-bond donors (Lipinski definition) is 5. The molecule has 16 heteroatoms. The summed E-state index contributed by atoms with van der Waals surface area (Å²) in [7, 11) is -5.53. The fourth-order valence-electron chi connectivity index (χ4n) is 3.96. The van der Waals surface area contributed by atoms with Gasteiger partial charge in [0.05, 0.1) is 18.8 Å². The number of ether oxygens (including phenoxy) is 1. The number of hydrogen-bond acceptors (Lipinski definition) is 11. The first-order valence-corrected chi connectivity index (χ1v) is 14.6. The van der Waals surface area contributed by atoms with Gasteiger partial charge in [-0.15, -0.1) is 0 Å². The van der Waals surface area contributed by atoms with Gasteiger partial charge in [0.25, 0.3) is 5.56 Å². The highest BCUT2D eigenvalue weighted by molar-refractivity contribution is 7.54. The molecule has 1 fully saturated rings. The maximum absolute atomic E-state index is 13.2. The smallest absolute Gasteiger partial charge is 0.337 e. The maximum Gasteiger partial charge on any atom is 0.337 e. The van der Waals surface area contributed by atoms with Gasteiger partial charge in [-0.1, -0.05) is 31.5 Å². The molecule has 0 amide bonds. The Labute approximate surface area is 231 Å². The molecule has 1 aliphatic heterocycles. The molecule has 1 saturated heterocycles. The van der Waals surface area contributed by atoms with Crippen LogP contribution in [-0.4, -0.2) is 63.9 Å². The van der Waals surface area contributed by atoms with E-state index in [0.29, 0.717) is 5.69 Å². The Balaban J connectivity index is 0.00000205. The standard InChI is InChI=1S/C21H24ClN3O10P2.C2H6/c22-14-3-1-2-12(8-14)13-4-6-23-15(9-13)10-25-17(26)5-7-24(21(25)29)20-19(28)18(27)16(34-20)11-33-37(32)35-36(30)31;1-2/h2,4-9,16,18-20,27-28,30-32H,1,3,10-11H2;1-2H3. The second-order valence-electron chi connectivity index (χ2n) is 8.17. The van der Waals surface area contributed by atoms with Crippen molar-refractivity contribution < 1.29 is 38.5 Å². The molecule has 0 saturated carbocycles. The second-order valence-corrected chi connectivity index (χ2v) is 10.5. The number of allylic oxidation sites excluding steroid dienone is 4. The summed E-state index contributed by atoms with van der Waals surface area (Å²) in [5.74, 6) is 0. The predicted octanol–water partition coefficient (Wildman–Crippen LogP) is 1.86. The van der Waals surface area contributed by atoms with Gasteiger partial charge in [0.2, 0.25) is 0 Å². The minimum Gasteiger partial charge on any atom is -0.387 e. The van der Waals surface area contributed by atoms with Gasteiger partial charge in [-0.25, -0.2) is 9.11 Å². The zero-order valence-corrected chi connectivity index (χ0v) is 23.6. The molecule has 5 N–H and O–H groups in total. The van der Waals surface area contributed by atoms with Gasteiger partial charge in [-0.3, -0.25) is 18.9 Å². The third kappa shape index (κ3) is 8.09. The van der Waals surface area contributed by atoms with E-state index in [1.54, 1.807) is 18.3 Å².